The van der Waals surface area contributed by atoms with E-state index in [0.29, 0.717) is 0 Å². The van der Waals surface area contributed by atoms with Crippen molar-refractivity contribution in [3.63, 3.8) is 0 Å². The van der Waals surface area contributed by atoms with Gasteiger partial charge in [-0.15, -0.1) is 0 Å². The zero-order valence-corrected chi connectivity index (χ0v) is 7.67. The van der Waals surface area contributed by atoms with E-state index in [9.17, 15) is 0 Å². The first kappa shape index (κ1) is 8.85. The summed E-state index contributed by atoms with van der Waals surface area (Å²) < 4.78 is 0. The van der Waals surface area contributed by atoms with E-state index in [1.54, 1.807) is 0 Å². The van der Waals surface area contributed by atoms with E-state index in [1.165, 1.54) is 11.3 Å². The van der Waals surface area contributed by atoms with Crippen LogP contribution in [-0.2, 0) is 0 Å². The van der Waals surface area contributed by atoms with Crippen LogP contribution in [0.1, 0.15) is 12.5 Å². The van der Waals surface area contributed by atoms with Crippen molar-refractivity contribution in [1.29, 1.82) is 0 Å². The fourth-order valence-electron chi connectivity index (χ4n) is 1.06. The highest BCUT2D eigenvalue weighted by Crippen LogP contribution is 2.12. The van der Waals surface area contributed by atoms with E-state index in [2.05, 4.69) is 36.5 Å². The van der Waals surface area contributed by atoms with Crippen LogP contribution in [0.25, 0.3) is 0 Å². The molecule has 0 amide bonds. The van der Waals surface area contributed by atoms with Gasteiger partial charge in [0.15, 0.2) is 0 Å². The quantitative estimate of drug-likeness (QED) is 0.672. The number of para-hydroxylation sites is 1. The number of aryl methyl sites for hydroxylation is 1. The van der Waals surface area contributed by atoms with Crippen molar-refractivity contribution in [1.82, 2.24) is 0 Å². The van der Waals surface area contributed by atoms with E-state index in [0.717, 1.165) is 6.54 Å². The molecule has 1 aromatic rings. The Kier molecular flexibility index (Phi) is 3.39. The van der Waals surface area contributed by atoms with Crippen molar-refractivity contribution < 1.29 is 0 Å². The minimum atomic E-state index is 0.904. The Morgan fingerprint density at radius 2 is 2.08 bits per heavy atom. The van der Waals surface area contributed by atoms with E-state index < -0.39 is 0 Å². The molecule has 0 bridgehead atoms. The highest BCUT2D eigenvalue weighted by molar-refractivity contribution is 5.50. The summed E-state index contributed by atoms with van der Waals surface area (Å²) in [5, 5.41) is 3.33. The summed E-state index contributed by atoms with van der Waals surface area (Å²) in [6.45, 7) is 5.04. The second-order valence-electron chi connectivity index (χ2n) is 2.76. The summed E-state index contributed by atoms with van der Waals surface area (Å²) in [5.41, 5.74) is 2.51. The molecule has 0 atom stereocenters. The molecule has 1 rings (SSSR count). The third-order valence-electron chi connectivity index (χ3n) is 1.79. The summed E-state index contributed by atoms with van der Waals surface area (Å²) >= 11 is 0. The molecule has 0 saturated heterocycles. The molecule has 0 aliphatic rings. The fourth-order valence-corrected chi connectivity index (χ4v) is 1.06. The van der Waals surface area contributed by atoms with E-state index in [1.807, 2.05) is 19.1 Å². The van der Waals surface area contributed by atoms with E-state index in [4.69, 9.17) is 0 Å². The molecule has 1 aromatic carbocycles. The Hall–Kier alpha value is -1.24. The molecule has 0 aliphatic heterocycles. The van der Waals surface area contributed by atoms with Gasteiger partial charge in [-0.05, 0) is 25.5 Å². The van der Waals surface area contributed by atoms with Gasteiger partial charge in [-0.3, -0.25) is 0 Å². The Morgan fingerprint density at radius 3 is 2.75 bits per heavy atom. The van der Waals surface area contributed by atoms with Gasteiger partial charge in [0.1, 0.15) is 0 Å². The lowest BCUT2D eigenvalue weighted by Gasteiger charge is -2.05. The Balaban J connectivity index is 2.57. The van der Waals surface area contributed by atoms with Gasteiger partial charge in [0, 0.05) is 12.2 Å². The van der Waals surface area contributed by atoms with Crippen LogP contribution in [0.3, 0.4) is 0 Å². The predicted octanol–water partition coefficient (Wildman–Crippen LogP) is 2.98. The number of hydrogen-bond acceptors (Lipinski definition) is 1. The number of nitrogens with one attached hydrogen (secondary N) is 1. The van der Waals surface area contributed by atoms with Crippen molar-refractivity contribution in [2.75, 3.05) is 11.9 Å². The Morgan fingerprint density at radius 1 is 1.33 bits per heavy atom. The van der Waals surface area contributed by atoms with Gasteiger partial charge in [-0.25, -0.2) is 0 Å². The minimum Gasteiger partial charge on any atom is -0.381 e. The highest BCUT2D eigenvalue weighted by Gasteiger charge is 1.91. The first-order valence-corrected chi connectivity index (χ1v) is 4.25. The predicted molar refractivity (Wildman–Crippen MR) is 54.5 cm³/mol. The van der Waals surface area contributed by atoms with Crippen LogP contribution in [0.5, 0.6) is 0 Å². The van der Waals surface area contributed by atoms with E-state index >= 15 is 0 Å². The molecule has 0 spiro atoms. The van der Waals surface area contributed by atoms with Crippen LogP contribution in [0.2, 0.25) is 0 Å². The molecule has 0 aliphatic carbocycles. The second-order valence-corrected chi connectivity index (χ2v) is 2.76. The van der Waals surface area contributed by atoms with Gasteiger partial charge < -0.3 is 5.32 Å². The number of allylic oxidation sites excluding steroid dienone is 1. The van der Waals surface area contributed by atoms with Crippen molar-refractivity contribution in [3.8, 4) is 0 Å². The van der Waals surface area contributed by atoms with Crippen molar-refractivity contribution in [3.05, 3.63) is 42.0 Å². The number of anilines is 1. The zero-order chi connectivity index (χ0) is 8.81. The monoisotopic (exact) mass is 161 g/mol. The third kappa shape index (κ3) is 2.42. The van der Waals surface area contributed by atoms with E-state index in [-0.39, 0.29) is 0 Å². The maximum atomic E-state index is 3.33. The van der Waals surface area contributed by atoms with Gasteiger partial charge in [0.2, 0.25) is 0 Å². The SMILES string of the molecule is C/C=C/CNc1ccccc1C. The van der Waals surface area contributed by atoms with Crippen LogP contribution >= 0.6 is 0 Å². The van der Waals surface area contributed by atoms with Crippen LogP contribution in [0, 0.1) is 6.92 Å². The fraction of sp³-hybridized carbons (Fsp3) is 0.273. The molecule has 0 radical (unpaired) electrons. The lowest BCUT2D eigenvalue weighted by atomic mass is 10.2. The van der Waals surface area contributed by atoms with Crippen LogP contribution in [0.15, 0.2) is 36.4 Å². The zero-order valence-electron chi connectivity index (χ0n) is 7.67. The molecule has 0 fully saturated rings. The summed E-state index contributed by atoms with van der Waals surface area (Å²) in [4.78, 5) is 0. The molecular formula is C11H15N. The van der Waals surface area contributed by atoms with Crippen molar-refractivity contribution >= 4 is 5.69 Å². The van der Waals surface area contributed by atoms with Gasteiger partial charge >= 0.3 is 0 Å². The average molecular weight is 161 g/mol. The van der Waals surface area contributed by atoms with Crippen molar-refractivity contribution in [2.24, 2.45) is 0 Å². The molecule has 0 aromatic heterocycles. The number of rotatable bonds is 3. The maximum absolute atomic E-state index is 3.33. The average Bonchev–Trinajstić information content (AvgIpc) is 2.09. The third-order valence-corrected chi connectivity index (χ3v) is 1.79. The first-order valence-electron chi connectivity index (χ1n) is 4.25. The lowest BCUT2D eigenvalue weighted by molar-refractivity contribution is 1.29. The van der Waals surface area contributed by atoms with Crippen LogP contribution < -0.4 is 5.32 Å². The largest absolute Gasteiger partial charge is 0.381 e. The highest BCUT2D eigenvalue weighted by atomic mass is 14.9. The molecule has 1 heteroatoms. The normalized spacial score (nSPS) is 10.5. The lowest BCUT2D eigenvalue weighted by Crippen LogP contribution is -1.99. The second kappa shape index (κ2) is 4.60. The maximum Gasteiger partial charge on any atom is 0.0372 e. The molecular weight excluding hydrogens is 146 g/mol. The smallest absolute Gasteiger partial charge is 0.0372 e. The topological polar surface area (TPSA) is 12.0 Å². The van der Waals surface area contributed by atoms with Crippen LogP contribution in [0.4, 0.5) is 5.69 Å². The van der Waals surface area contributed by atoms with Crippen molar-refractivity contribution in [2.45, 2.75) is 13.8 Å². The molecule has 64 valence electrons. The summed E-state index contributed by atoms with van der Waals surface area (Å²) in [7, 11) is 0. The van der Waals surface area contributed by atoms with Gasteiger partial charge in [0.05, 0.1) is 0 Å². The summed E-state index contributed by atoms with van der Waals surface area (Å²) in [5.74, 6) is 0. The molecule has 0 saturated carbocycles. The summed E-state index contributed by atoms with van der Waals surface area (Å²) in [6.07, 6.45) is 4.15. The standard InChI is InChI=1S/C11H15N/c1-3-4-9-12-11-8-6-5-7-10(11)2/h3-8,12H,9H2,1-2H3/b4-3+. The Bertz CT molecular complexity index is 263. The van der Waals surface area contributed by atoms with Crippen LogP contribution in [-0.4, -0.2) is 6.54 Å². The molecule has 0 unspecified atom stereocenters. The molecule has 1 N–H and O–H groups in total. The minimum absolute atomic E-state index is 0.904. The molecule has 0 heterocycles. The summed E-state index contributed by atoms with van der Waals surface area (Å²) in [6, 6.07) is 8.30. The van der Waals surface area contributed by atoms with Gasteiger partial charge in [-0.2, -0.15) is 0 Å². The molecule has 12 heavy (non-hydrogen) atoms. The van der Waals surface area contributed by atoms with Gasteiger partial charge in [-0.1, -0.05) is 30.4 Å². The van der Waals surface area contributed by atoms with Gasteiger partial charge in [0.25, 0.3) is 0 Å². The number of benzene rings is 1. The number of hydrogen-bond donors (Lipinski definition) is 1. The first-order chi connectivity index (χ1) is 5.84. The molecule has 1 nitrogen and oxygen atoms in total. The Labute approximate surface area is 74.1 Å².